The minimum atomic E-state index is 0.723. The van der Waals surface area contributed by atoms with Gasteiger partial charge in [-0.1, -0.05) is 19.8 Å². The molecule has 0 bridgehead atoms. The molecule has 1 N–H and O–H groups in total. The molecule has 1 saturated carbocycles. The average molecular weight is 250 g/mol. The zero-order chi connectivity index (χ0) is 13.0. The monoisotopic (exact) mass is 250 g/mol. The summed E-state index contributed by atoms with van der Waals surface area (Å²) in [7, 11) is 4.21. The second-order valence-electron chi connectivity index (χ2n) is 5.74. The van der Waals surface area contributed by atoms with Gasteiger partial charge in [0.25, 0.3) is 0 Å². The van der Waals surface area contributed by atoms with Crippen molar-refractivity contribution in [2.75, 3.05) is 14.1 Å². The van der Waals surface area contributed by atoms with E-state index in [4.69, 9.17) is 4.42 Å². The zero-order valence-corrected chi connectivity index (χ0v) is 11.9. The van der Waals surface area contributed by atoms with Crippen molar-refractivity contribution in [2.45, 2.75) is 51.7 Å². The van der Waals surface area contributed by atoms with Crippen LogP contribution in [0.25, 0.3) is 0 Å². The van der Waals surface area contributed by atoms with E-state index in [0.29, 0.717) is 0 Å². The summed E-state index contributed by atoms with van der Waals surface area (Å²) < 4.78 is 5.62. The third-order valence-electron chi connectivity index (χ3n) is 4.13. The Hall–Kier alpha value is -0.800. The maximum absolute atomic E-state index is 5.62. The van der Waals surface area contributed by atoms with Crippen molar-refractivity contribution < 1.29 is 4.42 Å². The van der Waals surface area contributed by atoms with Gasteiger partial charge in [0.1, 0.15) is 5.76 Å². The quantitative estimate of drug-likeness (QED) is 0.871. The maximum atomic E-state index is 5.62. The number of furan rings is 1. The second-order valence-corrected chi connectivity index (χ2v) is 5.74. The fourth-order valence-electron chi connectivity index (χ4n) is 3.01. The summed E-state index contributed by atoms with van der Waals surface area (Å²) in [5.74, 6) is 1.99. The van der Waals surface area contributed by atoms with Crippen LogP contribution in [0.15, 0.2) is 16.7 Å². The molecule has 1 aromatic rings. The molecule has 2 atom stereocenters. The van der Waals surface area contributed by atoms with Crippen molar-refractivity contribution in [3.8, 4) is 0 Å². The summed E-state index contributed by atoms with van der Waals surface area (Å²) in [5.41, 5.74) is 1.29. The molecule has 0 amide bonds. The molecule has 0 aliphatic heterocycles. The lowest BCUT2D eigenvalue weighted by Crippen LogP contribution is -2.35. The van der Waals surface area contributed by atoms with Crippen LogP contribution in [-0.4, -0.2) is 25.0 Å². The first-order valence-corrected chi connectivity index (χ1v) is 7.10. The Morgan fingerprint density at radius 1 is 1.44 bits per heavy atom. The van der Waals surface area contributed by atoms with Gasteiger partial charge in [0, 0.05) is 18.2 Å². The number of hydrogen-bond donors (Lipinski definition) is 1. The van der Waals surface area contributed by atoms with Crippen molar-refractivity contribution in [2.24, 2.45) is 5.92 Å². The number of nitrogens with zero attached hydrogens (tertiary/aromatic N) is 1. The molecule has 1 aliphatic rings. The van der Waals surface area contributed by atoms with E-state index in [2.05, 4.69) is 30.3 Å². The van der Waals surface area contributed by atoms with Gasteiger partial charge < -0.3 is 9.73 Å². The van der Waals surface area contributed by atoms with E-state index in [9.17, 15) is 0 Å². The third kappa shape index (κ3) is 3.36. The molecule has 3 nitrogen and oxygen atoms in total. The average Bonchev–Trinajstić information content (AvgIpc) is 2.77. The van der Waals surface area contributed by atoms with Gasteiger partial charge in [-0.25, -0.2) is 0 Å². The van der Waals surface area contributed by atoms with Crippen molar-refractivity contribution in [1.82, 2.24) is 10.2 Å². The summed E-state index contributed by atoms with van der Waals surface area (Å²) in [6, 6.07) is 2.80. The van der Waals surface area contributed by atoms with Crippen molar-refractivity contribution in [3.05, 3.63) is 23.7 Å². The molecule has 0 spiro atoms. The van der Waals surface area contributed by atoms with Crippen molar-refractivity contribution in [1.29, 1.82) is 0 Å². The van der Waals surface area contributed by atoms with Gasteiger partial charge in [-0.3, -0.25) is 4.90 Å². The number of rotatable bonds is 5. The molecule has 2 unspecified atom stereocenters. The Balaban J connectivity index is 1.93. The molecular formula is C15H26N2O. The third-order valence-corrected chi connectivity index (χ3v) is 4.13. The molecule has 0 radical (unpaired) electrons. The Morgan fingerprint density at radius 3 is 3.00 bits per heavy atom. The van der Waals surface area contributed by atoms with Crippen LogP contribution in [0, 0.1) is 5.92 Å². The van der Waals surface area contributed by atoms with Gasteiger partial charge in [-0.15, -0.1) is 0 Å². The Kier molecular flexibility index (Phi) is 4.84. The highest BCUT2D eigenvalue weighted by molar-refractivity contribution is 5.16. The first-order valence-electron chi connectivity index (χ1n) is 7.10. The molecule has 1 fully saturated rings. The molecule has 1 heterocycles. The summed E-state index contributed by atoms with van der Waals surface area (Å²) in [6.07, 6.45) is 7.24. The lowest BCUT2D eigenvalue weighted by Gasteiger charge is -2.33. The highest BCUT2D eigenvalue weighted by atomic mass is 16.3. The first kappa shape index (κ1) is 13.6. The highest BCUT2D eigenvalue weighted by Crippen LogP contribution is 2.27. The number of hydrogen-bond acceptors (Lipinski definition) is 3. The Labute approximate surface area is 111 Å². The van der Waals surface area contributed by atoms with Crippen molar-refractivity contribution in [3.63, 3.8) is 0 Å². The molecule has 0 aromatic carbocycles. The normalized spacial score (nSPS) is 24.7. The molecule has 18 heavy (non-hydrogen) atoms. The van der Waals surface area contributed by atoms with Gasteiger partial charge in [0.05, 0.1) is 12.8 Å². The zero-order valence-electron chi connectivity index (χ0n) is 11.9. The Bertz CT molecular complexity index is 361. The minimum absolute atomic E-state index is 0.723. The molecule has 1 aliphatic carbocycles. The highest BCUT2D eigenvalue weighted by Gasteiger charge is 2.23. The lowest BCUT2D eigenvalue weighted by atomic mass is 9.86. The predicted octanol–water partition coefficient (Wildman–Crippen LogP) is 3.01. The topological polar surface area (TPSA) is 28.4 Å². The van der Waals surface area contributed by atoms with Crippen molar-refractivity contribution >= 4 is 0 Å². The Morgan fingerprint density at radius 2 is 2.28 bits per heavy atom. The van der Waals surface area contributed by atoms with Crippen LogP contribution in [0.3, 0.4) is 0 Å². The van der Waals surface area contributed by atoms with E-state index in [1.165, 1.54) is 31.2 Å². The van der Waals surface area contributed by atoms with E-state index in [1.54, 1.807) is 6.26 Å². The molecule has 1 aromatic heterocycles. The predicted molar refractivity (Wildman–Crippen MR) is 74.4 cm³/mol. The first-order chi connectivity index (χ1) is 8.70. The van der Waals surface area contributed by atoms with Crippen LogP contribution in [0.5, 0.6) is 0 Å². The van der Waals surface area contributed by atoms with Gasteiger partial charge in [-0.05, 0) is 38.9 Å². The van der Waals surface area contributed by atoms with E-state index in [1.807, 2.05) is 7.05 Å². The second kappa shape index (κ2) is 6.39. The number of nitrogens with one attached hydrogen (secondary N) is 1. The summed E-state index contributed by atoms with van der Waals surface area (Å²) in [6.45, 7) is 4.20. The van der Waals surface area contributed by atoms with Gasteiger partial charge in [-0.2, -0.15) is 0 Å². The molecule has 0 saturated heterocycles. The van der Waals surface area contributed by atoms with E-state index in [-0.39, 0.29) is 0 Å². The van der Waals surface area contributed by atoms with Gasteiger partial charge in [0.2, 0.25) is 0 Å². The van der Waals surface area contributed by atoms with Crippen LogP contribution >= 0.6 is 0 Å². The smallest absolute Gasteiger partial charge is 0.122 e. The van der Waals surface area contributed by atoms with Crippen LogP contribution in [0.4, 0.5) is 0 Å². The van der Waals surface area contributed by atoms with E-state index in [0.717, 1.165) is 30.8 Å². The summed E-state index contributed by atoms with van der Waals surface area (Å²) in [4.78, 5) is 2.47. The molecule has 3 heteroatoms. The maximum Gasteiger partial charge on any atom is 0.122 e. The van der Waals surface area contributed by atoms with Gasteiger partial charge in [0.15, 0.2) is 0 Å². The van der Waals surface area contributed by atoms with E-state index >= 15 is 0 Å². The van der Waals surface area contributed by atoms with Gasteiger partial charge >= 0.3 is 0 Å². The standard InChI is InChI=1S/C15H26N2O/c1-12-5-4-6-14(9-12)17(3)11-15-13(10-16-2)7-8-18-15/h7-8,12,14,16H,4-6,9-11H2,1-3H3. The molecular weight excluding hydrogens is 224 g/mol. The van der Waals surface area contributed by atoms with Crippen LogP contribution in [0.2, 0.25) is 0 Å². The fraction of sp³-hybridized carbons (Fsp3) is 0.733. The fourth-order valence-corrected chi connectivity index (χ4v) is 3.01. The lowest BCUT2D eigenvalue weighted by molar-refractivity contribution is 0.148. The largest absolute Gasteiger partial charge is 0.468 e. The molecule has 102 valence electrons. The van der Waals surface area contributed by atoms with E-state index < -0.39 is 0 Å². The van der Waals surface area contributed by atoms with Crippen LogP contribution in [0.1, 0.15) is 43.9 Å². The van der Waals surface area contributed by atoms with Crippen LogP contribution in [-0.2, 0) is 13.1 Å². The molecule has 2 rings (SSSR count). The van der Waals surface area contributed by atoms with Crippen LogP contribution < -0.4 is 5.32 Å². The summed E-state index contributed by atoms with van der Waals surface area (Å²) in [5, 5.41) is 3.19. The minimum Gasteiger partial charge on any atom is -0.468 e. The SMILES string of the molecule is CNCc1ccoc1CN(C)C1CCCC(C)C1. The summed E-state index contributed by atoms with van der Waals surface area (Å²) >= 11 is 0.